The molecule has 0 spiro atoms. The molecule has 2 atom stereocenters. The number of benzene rings is 2. The zero-order valence-corrected chi connectivity index (χ0v) is 15.0. The van der Waals surface area contributed by atoms with E-state index in [1.54, 1.807) is 55.6 Å². The van der Waals surface area contributed by atoms with E-state index in [0.29, 0.717) is 22.4 Å². The van der Waals surface area contributed by atoms with E-state index in [1.165, 1.54) is 11.9 Å². The van der Waals surface area contributed by atoms with Crippen LogP contribution in [0.5, 0.6) is 5.75 Å². The third-order valence-corrected chi connectivity index (χ3v) is 4.72. The van der Waals surface area contributed by atoms with Crippen LogP contribution in [-0.2, 0) is 9.59 Å². The number of fused-ring (bicyclic) bond motifs is 1. The number of hydrogen-bond acceptors (Lipinski definition) is 4. The van der Waals surface area contributed by atoms with Gasteiger partial charge in [0.25, 0.3) is 11.8 Å². The van der Waals surface area contributed by atoms with Crippen molar-refractivity contribution in [1.29, 1.82) is 0 Å². The number of hydrogen-bond donors (Lipinski definition) is 2. The SMILES string of the molecule is CNC(=O)COc1ccc(C2C(C(=O)O)c3ccccc3C(=O)N2C)cc1. The molecule has 0 saturated heterocycles. The van der Waals surface area contributed by atoms with Crippen LogP contribution in [0.2, 0.25) is 0 Å². The van der Waals surface area contributed by atoms with Gasteiger partial charge in [0, 0.05) is 19.7 Å². The van der Waals surface area contributed by atoms with Gasteiger partial charge in [0.15, 0.2) is 6.61 Å². The highest BCUT2D eigenvalue weighted by molar-refractivity contribution is 6.00. The van der Waals surface area contributed by atoms with Gasteiger partial charge in [0.1, 0.15) is 11.7 Å². The van der Waals surface area contributed by atoms with Crippen LogP contribution in [0.1, 0.15) is 33.4 Å². The van der Waals surface area contributed by atoms with E-state index in [2.05, 4.69) is 5.32 Å². The molecule has 1 aliphatic rings. The first-order chi connectivity index (χ1) is 12.9. The molecule has 1 aliphatic heterocycles. The Labute approximate surface area is 156 Å². The number of carbonyl (C=O) groups excluding carboxylic acids is 2. The van der Waals surface area contributed by atoms with Crippen LogP contribution in [-0.4, -0.2) is 48.5 Å². The van der Waals surface area contributed by atoms with Gasteiger partial charge in [0.05, 0.1) is 6.04 Å². The van der Waals surface area contributed by atoms with Crippen LogP contribution < -0.4 is 10.1 Å². The van der Waals surface area contributed by atoms with Crippen LogP contribution in [0.25, 0.3) is 0 Å². The zero-order valence-electron chi connectivity index (χ0n) is 15.0. The summed E-state index contributed by atoms with van der Waals surface area (Å²) in [4.78, 5) is 37.5. The minimum atomic E-state index is -0.994. The first-order valence-electron chi connectivity index (χ1n) is 8.46. The summed E-state index contributed by atoms with van der Waals surface area (Å²) in [6, 6.07) is 12.9. The number of ether oxygens (including phenoxy) is 1. The van der Waals surface area contributed by atoms with Crippen molar-refractivity contribution in [1.82, 2.24) is 10.2 Å². The minimum absolute atomic E-state index is 0.108. The smallest absolute Gasteiger partial charge is 0.313 e. The van der Waals surface area contributed by atoms with Crippen molar-refractivity contribution in [3.63, 3.8) is 0 Å². The fraction of sp³-hybridized carbons (Fsp3) is 0.250. The number of nitrogens with zero attached hydrogens (tertiary/aromatic N) is 1. The van der Waals surface area contributed by atoms with Gasteiger partial charge in [-0.2, -0.15) is 0 Å². The molecule has 0 aromatic heterocycles. The summed E-state index contributed by atoms with van der Waals surface area (Å²) in [5.74, 6) is -1.85. The molecule has 0 aliphatic carbocycles. The number of carbonyl (C=O) groups is 3. The minimum Gasteiger partial charge on any atom is -0.484 e. The van der Waals surface area contributed by atoms with Crippen molar-refractivity contribution in [3.8, 4) is 5.75 Å². The summed E-state index contributed by atoms with van der Waals surface area (Å²) in [6.45, 7) is -0.108. The van der Waals surface area contributed by atoms with Crippen molar-refractivity contribution >= 4 is 17.8 Å². The second kappa shape index (κ2) is 7.49. The maximum atomic E-state index is 12.7. The molecule has 7 nitrogen and oxygen atoms in total. The van der Waals surface area contributed by atoms with E-state index in [-0.39, 0.29) is 18.4 Å². The molecule has 0 bridgehead atoms. The molecule has 2 unspecified atom stereocenters. The average Bonchev–Trinajstić information content (AvgIpc) is 2.68. The molecule has 2 aromatic rings. The number of aliphatic carboxylic acids is 1. The first-order valence-corrected chi connectivity index (χ1v) is 8.46. The Balaban J connectivity index is 1.93. The Hall–Kier alpha value is -3.35. The van der Waals surface area contributed by atoms with E-state index in [0.717, 1.165) is 0 Å². The molecular formula is C20H20N2O5. The molecule has 2 aromatic carbocycles. The van der Waals surface area contributed by atoms with E-state index in [9.17, 15) is 19.5 Å². The van der Waals surface area contributed by atoms with Crippen LogP contribution in [0.4, 0.5) is 0 Å². The second-order valence-corrected chi connectivity index (χ2v) is 6.29. The Morgan fingerprint density at radius 1 is 1.15 bits per heavy atom. The predicted octanol–water partition coefficient (Wildman–Crippen LogP) is 1.81. The highest BCUT2D eigenvalue weighted by Crippen LogP contribution is 2.42. The molecule has 140 valence electrons. The van der Waals surface area contributed by atoms with E-state index >= 15 is 0 Å². The Kier molecular flexibility index (Phi) is 5.12. The van der Waals surface area contributed by atoms with Gasteiger partial charge in [-0.1, -0.05) is 30.3 Å². The van der Waals surface area contributed by atoms with Gasteiger partial charge in [-0.3, -0.25) is 14.4 Å². The summed E-state index contributed by atoms with van der Waals surface area (Å²) in [6.07, 6.45) is 0. The van der Waals surface area contributed by atoms with Gasteiger partial charge in [-0.05, 0) is 29.3 Å². The quantitative estimate of drug-likeness (QED) is 0.839. The molecule has 2 amide bonds. The molecule has 0 saturated carbocycles. The maximum Gasteiger partial charge on any atom is 0.313 e. The largest absolute Gasteiger partial charge is 0.484 e. The number of rotatable bonds is 5. The number of amides is 2. The van der Waals surface area contributed by atoms with Crippen molar-refractivity contribution in [2.45, 2.75) is 12.0 Å². The van der Waals surface area contributed by atoms with Gasteiger partial charge >= 0.3 is 5.97 Å². The number of carboxylic acid groups (broad SMARTS) is 1. The third kappa shape index (κ3) is 3.48. The zero-order chi connectivity index (χ0) is 19.6. The number of likely N-dealkylation sites (N-methyl/N-ethyl adjacent to an activating group) is 2. The lowest BCUT2D eigenvalue weighted by Crippen LogP contribution is -2.42. The molecular weight excluding hydrogens is 348 g/mol. The van der Waals surface area contributed by atoms with E-state index in [1.807, 2.05) is 0 Å². The van der Waals surface area contributed by atoms with Crippen molar-refractivity contribution in [2.75, 3.05) is 20.7 Å². The van der Waals surface area contributed by atoms with Crippen LogP contribution in [0.3, 0.4) is 0 Å². The lowest BCUT2D eigenvalue weighted by atomic mass is 9.80. The standard InChI is InChI=1S/C20H20N2O5/c1-21-16(23)11-27-13-9-7-12(8-10-13)18-17(20(25)26)14-5-3-4-6-15(14)19(24)22(18)2/h3-10,17-18H,11H2,1-2H3,(H,21,23)(H,25,26). The average molecular weight is 368 g/mol. The highest BCUT2D eigenvalue weighted by atomic mass is 16.5. The predicted molar refractivity (Wildman–Crippen MR) is 97.7 cm³/mol. The first kappa shape index (κ1) is 18.4. The van der Waals surface area contributed by atoms with Crippen molar-refractivity contribution in [3.05, 3.63) is 65.2 Å². The fourth-order valence-electron chi connectivity index (χ4n) is 3.34. The van der Waals surface area contributed by atoms with Crippen molar-refractivity contribution < 1.29 is 24.2 Å². The van der Waals surface area contributed by atoms with Gasteiger partial charge < -0.3 is 20.1 Å². The number of nitrogens with one attached hydrogen (secondary N) is 1. The topological polar surface area (TPSA) is 95.9 Å². The fourth-order valence-corrected chi connectivity index (χ4v) is 3.34. The Bertz CT molecular complexity index is 878. The molecule has 0 fully saturated rings. The lowest BCUT2D eigenvalue weighted by molar-refractivity contribution is -0.140. The molecule has 27 heavy (non-hydrogen) atoms. The van der Waals surface area contributed by atoms with Crippen LogP contribution in [0.15, 0.2) is 48.5 Å². The lowest BCUT2D eigenvalue weighted by Gasteiger charge is -2.38. The normalized spacial score (nSPS) is 18.6. The summed E-state index contributed by atoms with van der Waals surface area (Å²) < 4.78 is 5.37. The second-order valence-electron chi connectivity index (χ2n) is 6.29. The Morgan fingerprint density at radius 2 is 1.81 bits per heavy atom. The van der Waals surface area contributed by atoms with Gasteiger partial charge in [-0.25, -0.2) is 0 Å². The summed E-state index contributed by atoms with van der Waals surface area (Å²) in [5, 5.41) is 12.3. The van der Waals surface area contributed by atoms with Gasteiger partial charge in [0.2, 0.25) is 0 Å². The highest BCUT2D eigenvalue weighted by Gasteiger charge is 2.42. The molecule has 2 N–H and O–H groups in total. The van der Waals surface area contributed by atoms with Crippen LogP contribution >= 0.6 is 0 Å². The maximum absolute atomic E-state index is 12.7. The summed E-state index contributed by atoms with van der Waals surface area (Å²) in [7, 11) is 3.13. The molecule has 3 rings (SSSR count). The van der Waals surface area contributed by atoms with Crippen LogP contribution in [0, 0.1) is 0 Å². The van der Waals surface area contributed by atoms with Gasteiger partial charge in [-0.15, -0.1) is 0 Å². The monoisotopic (exact) mass is 368 g/mol. The number of carboxylic acids is 1. The van der Waals surface area contributed by atoms with E-state index < -0.39 is 17.9 Å². The van der Waals surface area contributed by atoms with Crippen molar-refractivity contribution in [2.24, 2.45) is 0 Å². The summed E-state index contributed by atoms with van der Waals surface area (Å²) >= 11 is 0. The molecule has 1 heterocycles. The third-order valence-electron chi connectivity index (χ3n) is 4.72. The molecule has 7 heteroatoms. The Morgan fingerprint density at radius 3 is 2.44 bits per heavy atom. The molecule has 0 radical (unpaired) electrons. The van der Waals surface area contributed by atoms with E-state index in [4.69, 9.17) is 4.74 Å². The summed E-state index contributed by atoms with van der Waals surface area (Å²) in [5.41, 5.74) is 1.60.